The van der Waals surface area contributed by atoms with Crippen molar-refractivity contribution in [2.45, 2.75) is 40.2 Å². The predicted molar refractivity (Wildman–Crippen MR) is 118 cm³/mol. The van der Waals surface area contributed by atoms with E-state index in [2.05, 4.69) is 15.1 Å². The van der Waals surface area contributed by atoms with E-state index < -0.39 is 11.7 Å². The Morgan fingerprint density at radius 1 is 1.22 bits per heavy atom. The zero-order valence-corrected chi connectivity index (χ0v) is 18.9. The van der Waals surface area contributed by atoms with E-state index in [-0.39, 0.29) is 27.9 Å². The minimum absolute atomic E-state index is 0.0137. The van der Waals surface area contributed by atoms with Gasteiger partial charge in [-0.15, -0.1) is 4.68 Å². The number of allylic oxidation sites excluding steroid dienone is 1. The first-order valence-corrected chi connectivity index (χ1v) is 9.92. The summed E-state index contributed by atoms with van der Waals surface area (Å²) in [5, 5.41) is 12.7. The summed E-state index contributed by atoms with van der Waals surface area (Å²) in [5.41, 5.74) is 1.45. The van der Waals surface area contributed by atoms with Gasteiger partial charge in [0, 0.05) is 6.08 Å². The van der Waals surface area contributed by atoms with Crippen LogP contribution in [0.5, 0.6) is 11.6 Å². The molecule has 10 heteroatoms. The molecule has 0 N–H and O–H groups in total. The van der Waals surface area contributed by atoms with Gasteiger partial charge in [0.1, 0.15) is 22.4 Å². The van der Waals surface area contributed by atoms with Gasteiger partial charge in [0.05, 0.1) is 6.07 Å². The Bertz CT molecular complexity index is 1280. The van der Waals surface area contributed by atoms with E-state index in [0.717, 1.165) is 21.4 Å². The molecule has 2 heterocycles. The van der Waals surface area contributed by atoms with Crippen LogP contribution in [0.2, 0.25) is 5.28 Å². The van der Waals surface area contributed by atoms with Gasteiger partial charge in [-0.25, -0.2) is 4.79 Å². The third-order valence-electron chi connectivity index (χ3n) is 4.20. The number of nitrogens with zero attached hydrogens (tertiary/aromatic N) is 5. The summed E-state index contributed by atoms with van der Waals surface area (Å²) < 4.78 is 12.2. The molecule has 0 saturated heterocycles. The Balaban J connectivity index is 2.15. The molecule has 32 heavy (non-hydrogen) atoms. The summed E-state index contributed by atoms with van der Waals surface area (Å²) in [7, 11) is 0. The van der Waals surface area contributed by atoms with Crippen molar-refractivity contribution < 1.29 is 19.1 Å². The molecule has 0 aliphatic heterocycles. The van der Waals surface area contributed by atoms with E-state index >= 15 is 0 Å². The maximum atomic E-state index is 12.6. The first-order chi connectivity index (χ1) is 15.0. The summed E-state index contributed by atoms with van der Waals surface area (Å²) in [6.07, 6.45) is 2.71. The van der Waals surface area contributed by atoms with Crippen molar-refractivity contribution in [2.75, 3.05) is 0 Å². The lowest BCUT2D eigenvalue weighted by molar-refractivity contribution is 0.0521. The summed E-state index contributed by atoms with van der Waals surface area (Å²) in [5.74, 6) is 0.459. The van der Waals surface area contributed by atoms with Crippen LogP contribution >= 0.6 is 11.6 Å². The van der Waals surface area contributed by atoms with Crippen LogP contribution < -0.4 is 4.74 Å². The molecule has 3 aromatic rings. The monoisotopic (exact) mass is 453 g/mol. The van der Waals surface area contributed by atoms with E-state index in [9.17, 15) is 9.59 Å². The normalized spacial score (nSPS) is 11.5. The van der Waals surface area contributed by atoms with E-state index in [0.29, 0.717) is 12.0 Å². The second kappa shape index (κ2) is 8.77. The van der Waals surface area contributed by atoms with Crippen molar-refractivity contribution in [1.82, 2.24) is 19.7 Å². The number of hydrogen-bond acceptors (Lipinski definition) is 8. The van der Waals surface area contributed by atoms with Crippen molar-refractivity contribution in [2.24, 2.45) is 0 Å². The minimum Gasteiger partial charge on any atom is -0.442 e. The number of carbonyl (C=O) groups is 2. The number of ether oxygens (including phenoxy) is 2. The van der Waals surface area contributed by atoms with E-state index in [4.69, 9.17) is 26.3 Å². The number of fused-ring (bicyclic) bond motifs is 1. The van der Waals surface area contributed by atoms with Crippen molar-refractivity contribution in [1.29, 1.82) is 5.26 Å². The molecule has 9 nitrogen and oxygen atoms in total. The molecule has 0 radical (unpaired) electrons. The number of carbonyl (C=O) groups excluding carboxylic acids is 2. The van der Waals surface area contributed by atoms with Gasteiger partial charge in [-0.05, 0) is 81.1 Å². The fourth-order valence-electron chi connectivity index (χ4n) is 3.05. The average molecular weight is 454 g/mol. The SMILES string of the molecule is Cc1cc(/C=C/C#N)cc(C)c1Oc1nc(Cl)nc2c1c(C=O)nn2C(=O)OC(C)(C)C. The zero-order valence-electron chi connectivity index (χ0n) is 18.1. The number of hydrogen-bond donors (Lipinski definition) is 0. The Labute approximate surface area is 189 Å². The van der Waals surface area contributed by atoms with Crippen LogP contribution in [0.3, 0.4) is 0 Å². The van der Waals surface area contributed by atoms with Crippen molar-refractivity contribution in [3.63, 3.8) is 0 Å². The second-order valence-electron chi connectivity index (χ2n) is 7.94. The average Bonchev–Trinajstić information content (AvgIpc) is 3.06. The fourth-order valence-corrected chi connectivity index (χ4v) is 3.20. The molecule has 0 atom stereocenters. The minimum atomic E-state index is -0.822. The fraction of sp³-hybridized carbons (Fsp3) is 0.273. The molecule has 164 valence electrons. The zero-order chi connectivity index (χ0) is 23.6. The van der Waals surface area contributed by atoms with E-state index in [1.165, 1.54) is 6.08 Å². The molecule has 0 fully saturated rings. The Hall–Kier alpha value is -3.77. The highest BCUT2D eigenvalue weighted by atomic mass is 35.5. The summed E-state index contributed by atoms with van der Waals surface area (Å²) in [4.78, 5) is 32.5. The highest BCUT2D eigenvalue weighted by Crippen LogP contribution is 2.35. The van der Waals surface area contributed by atoms with Crippen molar-refractivity contribution >= 4 is 41.1 Å². The van der Waals surface area contributed by atoms with Crippen LogP contribution in [0.25, 0.3) is 17.1 Å². The molecule has 0 saturated carbocycles. The van der Waals surface area contributed by atoms with Crippen LogP contribution in [0.4, 0.5) is 4.79 Å². The molecule has 0 bridgehead atoms. The maximum absolute atomic E-state index is 12.6. The number of aldehydes is 1. The van der Waals surface area contributed by atoms with Crippen molar-refractivity contribution in [3.05, 3.63) is 45.9 Å². The van der Waals surface area contributed by atoms with Gasteiger partial charge >= 0.3 is 6.09 Å². The van der Waals surface area contributed by atoms with E-state index in [1.807, 2.05) is 32.0 Å². The third-order valence-corrected chi connectivity index (χ3v) is 4.37. The summed E-state index contributed by atoms with van der Waals surface area (Å²) >= 11 is 6.09. The molecule has 2 aromatic heterocycles. The molecule has 1 aromatic carbocycles. The summed E-state index contributed by atoms with van der Waals surface area (Å²) in [6.45, 7) is 8.77. The highest BCUT2D eigenvalue weighted by molar-refractivity contribution is 6.28. The van der Waals surface area contributed by atoms with Crippen LogP contribution in [-0.4, -0.2) is 37.7 Å². The molecule has 0 unspecified atom stereocenters. The Morgan fingerprint density at radius 2 is 1.88 bits per heavy atom. The number of rotatable bonds is 4. The van der Waals surface area contributed by atoms with Gasteiger partial charge < -0.3 is 9.47 Å². The van der Waals surface area contributed by atoms with Crippen LogP contribution in [0.15, 0.2) is 18.2 Å². The molecule has 3 rings (SSSR count). The second-order valence-corrected chi connectivity index (χ2v) is 8.28. The number of benzene rings is 1. The van der Waals surface area contributed by atoms with Gasteiger partial charge in [0.2, 0.25) is 11.2 Å². The van der Waals surface area contributed by atoms with Gasteiger partial charge in [0.25, 0.3) is 0 Å². The van der Waals surface area contributed by atoms with Crippen LogP contribution in [-0.2, 0) is 4.74 Å². The first kappa shape index (κ1) is 22.9. The van der Waals surface area contributed by atoms with Gasteiger partial charge in [-0.1, -0.05) is 0 Å². The quantitative estimate of drug-likeness (QED) is 0.306. The number of aromatic nitrogens is 4. The number of halogens is 1. The molecule has 0 amide bonds. The largest absolute Gasteiger partial charge is 0.442 e. The van der Waals surface area contributed by atoms with Crippen LogP contribution in [0.1, 0.15) is 48.0 Å². The summed E-state index contributed by atoms with van der Waals surface area (Å²) in [6, 6.07) is 5.62. The molecule has 0 aliphatic carbocycles. The van der Waals surface area contributed by atoms with Gasteiger partial charge in [-0.2, -0.15) is 20.3 Å². The lowest BCUT2D eigenvalue weighted by Gasteiger charge is -2.19. The molecular weight excluding hydrogens is 434 g/mol. The van der Waals surface area contributed by atoms with Crippen LogP contribution in [0, 0.1) is 25.2 Å². The van der Waals surface area contributed by atoms with E-state index in [1.54, 1.807) is 26.8 Å². The maximum Gasteiger partial charge on any atom is 0.437 e. The topological polar surface area (TPSA) is 120 Å². The predicted octanol–water partition coefficient (Wildman–Crippen LogP) is 5.02. The first-order valence-electron chi connectivity index (χ1n) is 9.54. The Morgan fingerprint density at radius 3 is 2.44 bits per heavy atom. The lowest BCUT2D eigenvalue weighted by atomic mass is 10.1. The molecule has 0 aliphatic rings. The highest BCUT2D eigenvalue weighted by Gasteiger charge is 2.26. The Kier molecular flexibility index (Phi) is 6.27. The standard InChI is InChI=1S/C22H20ClN5O4/c1-12-9-14(7-6-8-24)10-13(2)17(12)31-19-16-15(11-29)27-28(18(16)25-20(23)26-19)21(30)32-22(3,4)5/h6-7,9-11H,1-5H3/b7-6+. The number of nitriles is 1. The lowest BCUT2D eigenvalue weighted by Crippen LogP contribution is -2.28. The molecule has 0 spiro atoms. The van der Waals surface area contributed by atoms with Gasteiger partial charge in [0.15, 0.2) is 11.9 Å². The van der Waals surface area contributed by atoms with Crippen molar-refractivity contribution in [3.8, 4) is 17.7 Å². The molecular formula is C22H20ClN5O4. The number of aryl methyl sites for hydroxylation is 2. The smallest absolute Gasteiger partial charge is 0.437 e. The third kappa shape index (κ3) is 4.76. The van der Waals surface area contributed by atoms with Gasteiger partial charge in [-0.3, -0.25) is 4.79 Å².